The molecular formula is C14H17ClFNO3S. The summed E-state index contributed by atoms with van der Waals surface area (Å²) in [5, 5.41) is 8.68. The fraction of sp³-hybridized carbons (Fsp3) is 0.500. The third-order valence-corrected chi connectivity index (χ3v) is 4.86. The SMILES string of the molecule is CCC(CC)(COc1ccc(C#N)cc1F)CS(=O)(=O)Cl. The minimum atomic E-state index is -3.68. The van der Waals surface area contributed by atoms with Gasteiger partial charge in [-0.2, -0.15) is 5.26 Å². The summed E-state index contributed by atoms with van der Waals surface area (Å²) < 4.78 is 41.8. The third kappa shape index (κ3) is 5.18. The molecule has 0 bridgehead atoms. The van der Waals surface area contributed by atoms with Crippen LogP contribution in [0.3, 0.4) is 0 Å². The summed E-state index contributed by atoms with van der Waals surface area (Å²) >= 11 is 0. The molecule has 0 aromatic heterocycles. The highest BCUT2D eigenvalue weighted by Crippen LogP contribution is 2.31. The lowest BCUT2D eigenvalue weighted by Crippen LogP contribution is -2.33. The van der Waals surface area contributed by atoms with Gasteiger partial charge in [0.05, 0.1) is 24.0 Å². The second-order valence-electron chi connectivity index (χ2n) is 4.94. The molecular weight excluding hydrogens is 317 g/mol. The molecule has 1 rings (SSSR count). The predicted molar refractivity (Wildman–Crippen MR) is 79.3 cm³/mol. The number of rotatable bonds is 7. The Morgan fingerprint density at radius 3 is 2.43 bits per heavy atom. The maximum Gasteiger partial charge on any atom is 0.233 e. The summed E-state index contributed by atoms with van der Waals surface area (Å²) in [5.74, 6) is -0.886. The normalized spacial score (nSPS) is 12.0. The topological polar surface area (TPSA) is 67.2 Å². The fourth-order valence-corrected chi connectivity index (χ4v) is 3.90. The Morgan fingerprint density at radius 2 is 2.00 bits per heavy atom. The molecule has 21 heavy (non-hydrogen) atoms. The second-order valence-corrected chi connectivity index (χ2v) is 7.71. The first-order valence-corrected chi connectivity index (χ1v) is 8.98. The minimum absolute atomic E-state index is 0.00718. The number of nitriles is 1. The molecule has 0 aliphatic carbocycles. The van der Waals surface area contributed by atoms with E-state index in [2.05, 4.69) is 0 Å². The van der Waals surface area contributed by atoms with Crippen molar-refractivity contribution in [2.45, 2.75) is 26.7 Å². The van der Waals surface area contributed by atoms with Crippen LogP contribution in [0.25, 0.3) is 0 Å². The van der Waals surface area contributed by atoms with Gasteiger partial charge in [0.15, 0.2) is 11.6 Å². The van der Waals surface area contributed by atoms with E-state index in [1.807, 2.05) is 19.9 Å². The number of halogens is 2. The zero-order chi connectivity index (χ0) is 16.1. The standard InChI is InChI=1S/C14H17ClFNO3S/c1-3-14(4-2,10-21(15,18)19)9-20-13-6-5-11(8-17)7-12(13)16/h5-7H,3-4,9-10H2,1-2H3. The van der Waals surface area contributed by atoms with Crippen molar-refractivity contribution in [2.75, 3.05) is 12.4 Å². The largest absolute Gasteiger partial charge is 0.490 e. The van der Waals surface area contributed by atoms with Crippen LogP contribution in [0.4, 0.5) is 4.39 Å². The Morgan fingerprint density at radius 1 is 1.38 bits per heavy atom. The molecule has 0 N–H and O–H groups in total. The van der Waals surface area contributed by atoms with Crippen molar-refractivity contribution >= 4 is 19.7 Å². The van der Waals surface area contributed by atoms with Gasteiger partial charge in [-0.1, -0.05) is 13.8 Å². The van der Waals surface area contributed by atoms with Gasteiger partial charge in [-0.05, 0) is 31.0 Å². The molecule has 0 aliphatic heterocycles. The number of hydrogen-bond donors (Lipinski definition) is 0. The van der Waals surface area contributed by atoms with E-state index in [-0.39, 0.29) is 23.7 Å². The Bertz CT molecular complexity index is 636. The van der Waals surface area contributed by atoms with E-state index >= 15 is 0 Å². The zero-order valence-corrected chi connectivity index (χ0v) is 13.5. The Kier molecular flexibility index (Phi) is 5.99. The molecule has 0 spiro atoms. The molecule has 0 aliphatic rings. The van der Waals surface area contributed by atoms with Crippen LogP contribution in [0.1, 0.15) is 32.3 Å². The van der Waals surface area contributed by atoms with Crippen molar-refractivity contribution in [1.29, 1.82) is 5.26 Å². The van der Waals surface area contributed by atoms with Crippen LogP contribution >= 0.6 is 10.7 Å². The molecule has 7 heteroatoms. The molecule has 1 aromatic rings. The number of benzene rings is 1. The Labute approximate surface area is 128 Å². The third-order valence-electron chi connectivity index (χ3n) is 3.57. The van der Waals surface area contributed by atoms with E-state index in [0.717, 1.165) is 6.07 Å². The quantitative estimate of drug-likeness (QED) is 0.717. The van der Waals surface area contributed by atoms with E-state index in [4.69, 9.17) is 20.7 Å². The number of nitrogens with zero attached hydrogens (tertiary/aromatic N) is 1. The highest BCUT2D eigenvalue weighted by atomic mass is 35.7. The van der Waals surface area contributed by atoms with Gasteiger partial charge in [-0.25, -0.2) is 12.8 Å². The highest BCUT2D eigenvalue weighted by Gasteiger charge is 2.33. The summed E-state index contributed by atoms with van der Waals surface area (Å²) in [6.07, 6.45) is 1.07. The highest BCUT2D eigenvalue weighted by molar-refractivity contribution is 8.13. The van der Waals surface area contributed by atoms with Crippen LogP contribution < -0.4 is 4.74 Å². The van der Waals surface area contributed by atoms with Crippen LogP contribution in [-0.4, -0.2) is 20.8 Å². The molecule has 116 valence electrons. The van der Waals surface area contributed by atoms with Gasteiger partial charge in [0.2, 0.25) is 9.05 Å². The van der Waals surface area contributed by atoms with Gasteiger partial charge in [-0.3, -0.25) is 0 Å². The summed E-state index contributed by atoms with van der Waals surface area (Å²) in [6.45, 7) is 3.71. The van der Waals surface area contributed by atoms with Crippen molar-refractivity contribution in [3.05, 3.63) is 29.6 Å². The van der Waals surface area contributed by atoms with Crippen molar-refractivity contribution in [3.8, 4) is 11.8 Å². The van der Waals surface area contributed by atoms with Crippen LogP contribution in [0.2, 0.25) is 0 Å². The zero-order valence-electron chi connectivity index (χ0n) is 11.9. The van der Waals surface area contributed by atoms with Gasteiger partial charge in [0, 0.05) is 16.1 Å². The predicted octanol–water partition coefficient (Wildman–Crippen LogP) is 3.45. The maximum atomic E-state index is 13.7. The van der Waals surface area contributed by atoms with E-state index < -0.39 is 20.3 Å². The first-order chi connectivity index (χ1) is 9.75. The van der Waals surface area contributed by atoms with Gasteiger partial charge in [0.1, 0.15) is 0 Å². The van der Waals surface area contributed by atoms with Crippen molar-refractivity contribution in [1.82, 2.24) is 0 Å². The average Bonchev–Trinajstić information content (AvgIpc) is 2.43. The summed E-state index contributed by atoms with van der Waals surface area (Å²) in [7, 11) is 1.66. The van der Waals surface area contributed by atoms with Gasteiger partial charge >= 0.3 is 0 Å². The van der Waals surface area contributed by atoms with Gasteiger partial charge < -0.3 is 4.74 Å². The summed E-state index contributed by atoms with van der Waals surface area (Å²) in [4.78, 5) is 0. The molecule has 0 radical (unpaired) electrons. The van der Waals surface area contributed by atoms with Crippen LogP contribution in [-0.2, 0) is 9.05 Å². The molecule has 0 saturated carbocycles. The first kappa shape index (κ1) is 17.7. The fourth-order valence-electron chi connectivity index (χ4n) is 1.98. The molecule has 1 aromatic carbocycles. The first-order valence-electron chi connectivity index (χ1n) is 6.50. The molecule has 0 fully saturated rings. The summed E-state index contributed by atoms with van der Waals surface area (Å²) in [5.41, 5.74) is -0.471. The van der Waals surface area contributed by atoms with Crippen LogP contribution in [0.5, 0.6) is 5.75 Å². The van der Waals surface area contributed by atoms with E-state index in [1.54, 1.807) is 0 Å². The van der Waals surface area contributed by atoms with E-state index in [9.17, 15) is 12.8 Å². The lowest BCUT2D eigenvalue weighted by Gasteiger charge is -2.30. The number of ether oxygens (including phenoxy) is 1. The smallest absolute Gasteiger partial charge is 0.233 e. The monoisotopic (exact) mass is 333 g/mol. The van der Waals surface area contributed by atoms with Crippen LogP contribution in [0.15, 0.2) is 18.2 Å². The molecule has 0 heterocycles. The van der Waals surface area contributed by atoms with Crippen molar-refractivity contribution < 1.29 is 17.5 Å². The second kappa shape index (κ2) is 7.10. The van der Waals surface area contributed by atoms with E-state index in [0.29, 0.717) is 12.8 Å². The maximum absolute atomic E-state index is 13.7. The molecule has 4 nitrogen and oxygen atoms in total. The van der Waals surface area contributed by atoms with Crippen molar-refractivity contribution in [3.63, 3.8) is 0 Å². The average molecular weight is 334 g/mol. The van der Waals surface area contributed by atoms with E-state index in [1.165, 1.54) is 12.1 Å². The lowest BCUT2D eigenvalue weighted by molar-refractivity contribution is 0.150. The number of hydrogen-bond acceptors (Lipinski definition) is 4. The molecule has 0 amide bonds. The summed E-state index contributed by atoms with van der Waals surface area (Å²) in [6, 6.07) is 5.71. The lowest BCUT2D eigenvalue weighted by atomic mass is 9.85. The minimum Gasteiger partial charge on any atom is -0.490 e. The Balaban J connectivity index is 2.90. The molecule has 0 atom stereocenters. The molecule has 0 saturated heterocycles. The Hall–Kier alpha value is -1.32. The van der Waals surface area contributed by atoms with Crippen LogP contribution in [0, 0.1) is 22.6 Å². The molecule has 0 unspecified atom stereocenters. The van der Waals surface area contributed by atoms with Crippen molar-refractivity contribution in [2.24, 2.45) is 5.41 Å². The van der Waals surface area contributed by atoms with Gasteiger partial charge in [0.25, 0.3) is 0 Å². The van der Waals surface area contributed by atoms with Gasteiger partial charge in [-0.15, -0.1) is 0 Å².